The Morgan fingerprint density at radius 3 is 2.18 bits per heavy atom. The molecule has 1 atom stereocenters. The average molecular weight is 238 g/mol. The first-order chi connectivity index (χ1) is 8.18. The molecule has 2 fully saturated rings. The van der Waals surface area contributed by atoms with Crippen LogP contribution in [0.4, 0.5) is 0 Å². The summed E-state index contributed by atoms with van der Waals surface area (Å²) in [6, 6.07) is 0. The lowest BCUT2D eigenvalue weighted by atomic mass is 9.75. The summed E-state index contributed by atoms with van der Waals surface area (Å²) in [5.74, 6) is 1.34. The number of ketones is 1. The summed E-state index contributed by atoms with van der Waals surface area (Å²) < 4.78 is 0. The van der Waals surface area contributed by atoms with Crippen molar-refractivity contribution in [2.75, 3.05) is 0 Å². The highest BCUT2D eigenvalue weighted by Crippen LogP contribution is 2.33. The van der Waals surface area contributed by atoms with Crippen LogP contribution in [0.5, 0.6) is 0 Å². The van der Waals surface area contributed by atoms with Gasteiger partial charge in [-0.2, -0.15) is 0 Å². The maximum Gasteiger partial charge on any atom is 0.164 e. The molecule has 2 aliphatic rings. The summed E-state index contributed by atoms with van der Waals surface area (Å²) >= 11 is 0. The molecule has 2 rings (SSSR count). The molecule has 0 aromatic heterocycles. The molecule has 1 N–H and O–H groups in total. The number of aliphatic hydroxyl groups is 1. The number of Topliss-reactive ketones (excluding diaryl/α,β-unsaturated/α-hetero) is 1. The van der Waals surface area contributed by atoms with E-state index in [1.165, 1.54) is 19.3 Å². The first-order valence-corrected chi connectivity index (χ1v) is 7.40. The first kappa shape index (κ1) is 13.1. The molecule has 2 heteroatoms. The first-order valence-electron chi connectivity index (χ1n) is 7.40. The topological polar surface area (TPSA) is 37.3 Å². The van der Waals surface area contributed by atoms with Crippen LogP contribution >= 0.6 is 0 Å². The standard InChI is InChI=1S/C15H26O2/c1-11-7-9-13(10-8-11)15(17)14(16)12-5-3-2-4-6-12/h11-14,16H,2-10H2,1H3. The molecule has 2 nitrogen and oxygen atoms in total. The highest BCUT2D eigenvalue weighted by atomic mass is 16.3. The monoisotopic (exact) mass is 238 g/mol. The molecule has 0 radical (unpaired) electrons. The fraction of sp³-hybridized carbons (Fsp3) is 0.933. The van der Waals surface area contributed by atoms with Crippen LogP contribution < -0.4 is 0 Å². The maximum atomic E-state index is 12.3. The van der Waals surface area contributed by atoms with E-state index >= 15 is 0 Å². The fourth-order valence-corrected chi connectivity index (χ4v) is 3.47. The van der Waals surface area contributed by atoms with Crippen molar-refractivity contribution in [1.29, 1.82) is 0 Å². The van der Waals surface area contributed by atoms with Crippen LogP contribution in [-0.4, -0.2) is 17.0 Å². The number of rotatable bonds is 3. The number of hydrogen-bond donors (Lipinski definition) is 1. The summed E-state index contributed by atoms with van der Waals surface area (Å²) in [7, 11) is 0. The summed E-state index contributed by atoms with van der Waals surface area (Å²) in [6.07, 6.45) is 9.43. The van der Waals surface area contributed by atoms with Crippen molar-refractivity contribution in [2.45, 2.75) is 70.8 Å². The van der Waals surface area contributed by atoms with Gasteiger partial charge < -0.3 is 5.11 Å². The molecule has 0 aliphatic heterocycles. The Bertz CT molecular complexity index is 248. The molecule has 1 unspecified atom stereocenters. The van der Waals surface area contributed by atoms with E-state index in [1.54, 1.807) is 0 Å². The van der Waals surface area contributed by atoms with Crippen LogP contribution in [0.2, 0.25) is 0 Å². The zero-order valence-corrected chi connectivity index (χ0v) is 11.0. The third-order valence-electron chi connectivity index (χ3n) is 4.81. The lowest BCUT2D eigenvalue weighted by molar-refractivity contribution is -0.135. The molecule has 0 heterocycles. The van der Waals surface area contributed by atoms with Crippen molar-refractivity contribution in [3.05, 3.63) is 0 Å². The zero-order chi connectivity index (χ0) is 12.3. The zero-order valence-electron chi connectivity index (χ0n) is 11.0. The van der Waals surface area contributed by atoms with E-state index in [4.69, 9.17) is 0 Å². The minimum absolute atomic E-state index is 0.156. The van der Waals surface area contributed by atoms with Crippen molar-refractivity contribution in [3.8, 4) is 0 Å². The lowest BCUT2D eigenvalue weighted by Gasteiger charge is -2.31. The van der Waals surface area contributed by atoms with Gasteiger partial charge in [0.25, 0.3) is 0 Å². The predicted octanol–water partition coefficient (Wildman–Crippen LogP) is 3.32. The summed E-state index contributed by atoms with van der Waals surface area (Å²) in [5.41, 5.74) is 0. The molecule has 98 valence electrons. The van der Waals surface area contributed by atoms with Crippen molar-refractivity contribution in [2.24, 2.45) is 17.8 Å². The van der Waals surface area contributed by atoms with Gasteiger partial charge in [0.15, 0.2) is 5.78 Å². The summed E-state index contributed by atoms with van der Waals surface area (Å²) in [5, 5.41) is 10.2. The molecule has 0 bridgehead atoms. The Labute approximate surface area is 105 Å². The Morgan fingerprint density at radius 2 is 1.59 bits per heavy atom. The summed E-state index contributed by atoms with van der Waals surface area (Å²) in [6.45, 7) is 2.26. The van der Waals surface area contributed by atoms with Crippen LogP contribution in [0.25, 0.3) is 0 Å². The lowest BCUT2D eigenvalue weighted by Crippen LogP contribution is -2.36. The van der Waals surface area contributed by atoms with Crippen LogP contribution in [0.3, 0.4) is 0 Å². The van der Waals surface area contributed by atoms with Crippen molar-refractivity contribution >= 4 is 5.78 Å². The number of carbonyl (C=O) groups excluding carboxylic acids is 1. The van der Waals surface area contributed by atoms with E-state index in [1.807, 2.05) is 0 Å². The molecule has 0 saturated heterocycles. The van der Waals surface area contributed by atoms with Gasteiger partial charge in [-0.25, -0.2) is 0 Å². The van der Waals surface area contributed by atoms with Gasteiger partial charge in [0, 0.05) is 5.92 Å². The predicted molar refractivity (Wildman–Crippen MR) is 68.7 cm³/mol. The van der Waals surface area contributed by atoms with Crippen molar-refractivity contribution in [3.63, 3.8) is 0 Å². The number of carbonyl (C=O) groups is 1. The van der Waals surface area contributed by atoms with E-state index in [0.29, 0.717) is 0 Å². The Hall–Kier alpha value is -0.370. The minimum Gasteiger partial charge on any atom is -0.385 e. The van der Waals surface area contributed by atoms with Gasteiger partial charge in [0.2, 0.25) is 0 Å². The largest absolute Gasteiger partial charge is 0.385 e. The van der Waals surface area contributed by atoms with Gasteiger partial charge in [0.05, 0.1) is 0 Å². The Balaban J connectivity index is 1.85. The van der Waals surface area contributed by atoms with Crippen LogP contribution in [0, 0.1) is 17.8 Å². The van der Waals surface area contributed by atoms with E-state index in [2.05, 4.69) is 6.92 Å². The van der Waals surface area contributed by atoms with Crippen molar-refractivity contribution < 1.29 is 9.90 Å². The second-order valence-corrected chi connectivity index (χ2v) is 6.20. The van der Waals surface area contributed by atoms with Crippen LogP contribution in [0.1, 0.15) is 64.7 Å². The molecule has 0 aromatic rings. The highest BCUT2D eigenvalue weighted by Gasteiger charge is 2.33. The molecule has 2 saturated carbocycles. The second-order valence-electron chi connectivity index (χ2n) is 6.20. The van der Waals surface area contributed by atoms with Crippen LogP contribution in [-0.2, 0) is 4.79 Å². The molecule has 0 amide bonds. The quantitative estimate of drug-likeness (QED) is 0.819. The Morgan fingerprint density at radius 1 is 1.00 bits per heavy atom. The van der Waals surface area contributed by atoms with Gasteiger partial charge >= 0.3 is 0 Å². The molecule has 17 heavy (non-hydrogen) atoms. The van der Waals surface area contributed by atoms with Gasteiger partial charge in [-0.05, 0) is 37.5 Å². The van der Waals surface area contributed by atoms with E-state index in [9.17, 15) is 9.90 Å². The van der Waals surface area contributed by atoms with E-state index in [0.717, 1.165) is 44.4 Å². The molecule has 2 aliphatic carbocycles. The third kappa shape index (κ3) is 3.31. The van der Waals surface area contributed by atoms with E-state index in [-0.39, 0.29) is 17.6 Å². The normalized spacial score (nSPS) is 33.3. The Kier molecular flexibility index (Phi) is 4.61. The number of aliphatic hydroxyl groups excluding tert-OH is 1. The number of hydrogen-bond acceptors (Lipinski definition) is 2. The van der Waals surface area contributed by atoms with Gasteiger partial charge in [-0.15, -0.1) is 0 Å². The van der Waals surface area contributed by atoms with Crippen molar-refractivity contribution in [1.82, 2.24) is 0 Å². The second kappa shape index (κ2) is 5.99. The average Bonchev–Trinajstić information content (AvgIpc) is 2.39. The van der Waals surface area contributed by atoms with Gasteiger partial charge in [-0.1, -0.05) is 39.0 Å². The molecule has 0 spiro atoms. The van der Waals surface area contributed by atoms with Gasteiger partial charge in [0.1, 0.15) is 6.10 Å². The van der Waals surface area contributed by atoms with Gasteiger partial charge in [-0.3, -0.25) is 4.79 Å². The SMILES string of the molecule is CC1CCC(C(=O)C(O)C2CCCCC2)CC1. The van der Waals surface area contributed by atoms with Crippen LogP contribution in [0.15, 0.2) is 0 Å². The van der Waals surface area contributed by atoms with E-state index < -0.39 is 6.10 Å². The molecular weight excluding hydrogens is 212 g/mol. The fourth-order valence-electron chi connectivity index (χ4n) is 3.47. The minimum atomic E-state index is -0.659. The summed E-state index contributed by atoms with van der Waals surface area (Å²) in [4.78, 5) is 12.3. The smallest absolute Gasteiger partial charge is 0.164 e. The molecular formula is C15H26O2. The molecule has 0 aromatic carbocycles. The third-order valence-corrected chi connectivity index (χ3v) is 4.81. The maximum absolute atomic E-state index is 12.3. The highest BCUT2D eigenvalue weighted by molar-refractivity contribution is 5.85.